The maximum Gasteiger partial charge on any atom is 0.129 e. The Balaban J connectivity index is 2.95. The Morgan fingerprint density at radius 1 is 1.46 bits per heavy atom. The van der Waals surface area contributed by atoms with Gasteiger partial charge in [0.2, 0.25) is 0 Å². The number of hydrogen-bond acceptors (Lipinski definition) is 3. The van der Waals surface area contributed by atoms with Gasteiger partial charge in [0, 0.05) is 12.6 Å². The lowest BCUT2D eigenvalue weighted by Gasteiger charge is -2.07. The summed E-state index contributed by atoms with van der Waals surface area (Å²) in [6.07, 6.45) is 0. The first-order chi connectivity index (χ1) is 6.15. The Bertz CT molecular complexity index is 325. The number of phenolic OH excluding ortho intramolecular Hbond substituents is 2. The predicted molar refractivity (Wildman–Crippen MR) is 55.1 cm³/mol. The summed E-state index contributed by atoms with van der Waals surface area (Å²) in [5.41, 5.74) is 0.537. The van der Waals surface area contributed by atoms with Gasteiger partial charge in [-0.3, -0.25) is 0 Å². The maximum absolute atomic E-state index is 9.40. The molecule has 13 heavy (non-hydrogen) atoms. The van der Waals surface area contributed by atoms with E-state index in [0.717, 1.165) is 0 Å². The summed E-state index contributed by atoms with van der Waals surface area (Å²) in [7, 11) is 0. The zero-order valence-corrected chi connectivity index (χ0v) is 8.06. The second kappa shape index (κ2) is 4.09. The molecule has 3 nitrogen and oxygen atoms in total. The van der Waals surface area contributed by atoms with Crippen molar-refractivity contribution < 1.29 is 10.2 Å². The van der Waals surface area contributed by atoms with E-state index in [0.29, 0.717) is 17.1 Å². The molecule has 0 spiro atoms. The van der Waals surface area contributed by atoms with Crippen LogP contribution >= 0.6 is 12.2 Å². The zero-order chi connectivity index (χ0) is 9.84. The summed E-state index contributed by atoms with van der Waals surface area (Å²) in [6, 6.07) is 4.33. The van der Waals surface area contributed by atoms with Crippen molar-refractivity contribution in [3.8, 4) is 11.5 Å². The number of benzene rings is 1. The minimum Gasteiger partial charge on any atom is -0.508 e. The highest BCUT2D eigenvalue weighted by Gasteiger charge is 2.06. The van der Waals surface area contributed by atoms with Crippen molar-refractivity contribution in [2.45, 2.75) is 6.92 Å². The predicted octanol–water partition coefficient (Wildman–Crippen LogP) is 1.38. The Kier molecular flexibility index (Phi) is 3.08. The summed E-state index contributed by atoms with van der Waals surface area (Å²) in [6.45, 7) is 2.63. The van der Waals surface area contributed by atoms with Crippen molar-refractivity contribution in [2.75, 3.05) is 6.54 Å². The standard InChI is InChI=1S/C9H11NO2S/c1-2-10-9(13)7-4-3-6(11)5-8(7)12/h3-5,11-12H,2H2,1H3,(H,10,13). The molecule has 4 heteroatoms. The number of hydrogen-bond donors (Lipinski definition) is 3. The van der Waals surface area contributed by atoms with Gasteiger partial charge in [0.05, 0.1) is 5.56 Å². The van der Waals surface area contributed by atoms with Crippen LogP contribution in [0.15, 0.2) is 18.2 Å². The van der Waals surface area contributed by atoms with Gasteiger partial charge in [0.25, 0.3) is 0 Å². The number of nitrogens with one attached hydrogen (secondary N) is 1. The molecule has 1 aromatic carbocycles. The van der Waals surface area contributed by atoms with Crippen LogP contribution in [-0.2, 0) is 0 Å². The van der Waals surface area contributed by atoms with Crippen LogP contribution in [0, 0.1) is 0 Å². The molecule has 0 unspecified atom stereocenters. The highest BCUT2D eigenvalue weighted by molar-refractivity contribution is 7.80. The fraction of sp³-hybridized carbons (Fsp3) is 0.222. The fourth-order valence-electron chi connectivity index (χ4n) is 0.968. The lowest BCUT2D eigenvalue weighted by molar-refractivity contribution is 0.450. The summed E-state index contributed by atoms with van der Waals surface area (Å²) in [4.78, 5) is 0.486. The first kappa shape index (κ1) is 9.80. The Morgan fingerprint density at radius 2 is 2.15 bits per heavy atom. The third kappa shape index (κ3) is 2.32. The van der Waals surface area contributed by atoms with Gasteiger partial charge in [-0.25, -0.2) is 0 Å². The van der Waals surface area contributed by atoms with E-state index in [1.807, 2.05) is 6.92 Å². The van der Waals surface area contributed by atoms with Gasteiger partial charge >= 0.3 is 0 Å². The average molecular weight is 197 g/mol. The fourth-order valence-corrected chi connectivity index (χ4v) is 1.28. The molecule has 0 aliphatic heterocycles. The molecule has 0 heterocycles. The second-order valence-corrected chi connectivity index (χ2v) is 2.97. The Labute approximate surface area is 82.0 Å². The second-order valence-electron chi connectivity index (χ2n) is 2.56. The van der Waals surface area contributed by atoms with Crippen molar-refractivity contribution in [1.82, 2.24) is 5.32 Å². The van der Waals surface area contributed by atoms with E-state index in [9.17, 15) is 5.11 Å². The van der Waals surface area contributed by atoms with E-state index >= 15 is 0 Å². The van der Waals surface area contributed by atoms with Crippen LogP contribution < -0.4 is 5.32 Å². The number of phenols is 2. The maximum atomic E-state index is 9.40. The highest BCUT2D eigenvalue weighted by Crippen LogP contribution is 2.22. The van der Waals surface area contributed by atoms with E-state index < -0.39 is 0 Å². The van der Waals surface area contributed by atoms with Gasteiger partial charge in [0.1, 0.15) is 16.5 Å². The van der Waals surface area contributed by atoms with Crippen LogP contribution in [0.3, 0.4) is 0 Å². The van der Waals surface area contributed by atoms with Crippen LogP contribution in [0.4, 0.5) is 0 Å². The van der Waals surface area contributed by atoms with Crippen LogP contribution in [0.1, 0.15) is 12.5 Å². The van der Waals surface area contributed by atoms with Crippen molar-refractivity contribution >= 4 is 17.2 Å². The molecule has 0 fully saturated rings. The third-order valence-corrected chi connectivity index (χ3v) is 1.93. The van der Waals surface area contributed by atoms with Gasteiger partial charge in [-0.15, -0.1) is 0 Å². The smallest absolute Gasteiger partial charge is 0.129 e. The van der Waals surface area contributed by atoms with E-state index in [4.69, 9.17) is 17.3 Å². The van der Waals surface area contributed by atoms with E-state index in [-0.39, 0.29) is 11.5 Å². The molecule has 1 aromatic rings. The summed E-state index contributed by atoms with van der Waals surface area (Å²) in [5, 5.41) is 21.3. The molecule has 0 atom stereocenters. The lowest BCUT2D eigenvalue weighted by atomic mass is 10.2. The Morgan fingerprint density at radius 3 is 2.69 bits per heavy atom. The highest BCUT2D eigenvalue weighted by atomic mass is 32.1. The van der Waals surface area contributed by atoms with E-state index in [2.05, 4.69) is 5.32 Å². The lowest BCUT2D eigenvalue weighted by Crippen LogP contribution is -2.21. The van der Waals surface area contributed by atoms with Crippen molar-refractivity contribution in [3.05, 3.63) is 23.8 Å². The quantitative estimate of drug-likeness (QED) is 0.627. The molecular formula is C9H11NO2S. The molecule has 0 aliphatic carbocycles. The minimum absolute atomic E-state index is 0.00838. The van der Waals surface area contributed by atoms with Gasteiger partial charge in [-0.1, -0.05) is 12.2 Å². The third-order valence-electron chi connectivity index (χ3n) is 1.56. The first-order valence-corrected chi connectivity index (χ1v) is 4.36. The van der Waals surface area contributed by atoms with Crippen molar-refractivity contribution in [1.29, 1.82) is 0 Å². The Hall–Kier alpha value is -1.29. The average Bonchev–Trinajstić information content (AvgIpc) is 2.04. The normalized spacial score (nSPS) is 9.62. The number of rotatable bonds is 2. The SMILES string of the molecule is CCNC(=S)c1ccc(O)cc1O. The monoisotopic (exact) mass is 197 g/mol. The van der Waals surface area contributed by atoms with Crippen molar-refractivity contribution in [2.24, 2.45) is 0 Å². The molecule has 0 saturated heterocycles. The molecular weight excluding hydrogens is 186 g/mol. The summed E-state index contributed by atoms with van der Waals surface area (Å²) >= 11 is 5.00. The number of thiocarbonyl (C=S) groups is 1. The molecule has 0 amide bonds. The molecule has 3 N–H and O–H groups in total. The zero-order valence-electron chi connectivity index (χ0n) is 7.24. The van der Waals surface area contributed by atoms with E-state index in [1.54, 1.807) is 6.07 Å². The summed E-state index contributed by atoms with van der Waals surface area (Å²) < 4.78 is 0. The van der Waals surface area contributed by atoms with E-state index in [1.165, 1.54) is 12.1 Å². The topological polar surface area (TPSA) is 52.5 Å². The van der Waals surface area contributed by atoms with Gasteiger partial charge < -0.3 is 15.5 Å². The molecule has 0 saturated carbocycles. The van der Waals surface area contributed by atoms with Crippen LogP contribution in [0.2, 0.25) is 0 Å². The van der Waals surface area contributed by atoms with Crippen LogP contribution in [-0.4, -0.2) is 21.7 Å². The molecule has 0 aromatic heterocycles. The molecule has 0 aliphatic rings. The van der Waals surface area contributed by atoms with Gasteiger partial charge in [-0.2, -0.15) is 0 Å². The van der Waals surface area contributed by atoms with Gasteiger partial charge in [0.15, 0.2) is 0 Å². The molecule has 0 bridgehead atoms. The van der Waals surface area contributed by atoms with Crippen molar-refractivity contribution in [3.63, 3.8) is 0 Å². The first-order valence-electron chi connectivity index (χ1n) is 3.95. The summed E-state index contributed by atoms with van der Waals surface area (Å²) in [5.74, 6) is 0.0199. The van der Waals surface area contributed by atoms with Crippen LogP contribution in [0.25, 0.3) is 0 Å². The number of aromatic hydroxyl groups is 2. The van der Waals surface area contributed by atoms with Crippen LogP contribution in [0.5, 0.6) is 11.5 Å². The molecule has 1 rings (SSSR count). The molecule has 70 valence electrons. The van der Waals surface area contributed by atoms with Gasteiger partial charge in [-0.05, 0) is 19.1 Å². The minimum atomic E-state index is -0.00838. The molecule has 0 radical (unpaired) electrons. The largest absolute Gasteiger partial charge is 0.508 e.